The highest BCUT2D eigenvalue weighted by Gasteiger charge is 2.12. The van der Waals surface area contributed by atoms with Gasteiger partial charge in [0, 0.05) is 29.2 Å². The Labute approximate surface area is 153 Å². The number of rotatable bonds is 5. The van der Waals surface area contributed by atoms with Crippen molar-refractivity contribution < 1.29 is 9.59 Å². The third-order valence-corrected chi connectivity index (χ3v) is 4.20. The molecule has 0 unspecified atom stereocenters. The predicted octanol–water partition coefficient (Wildman–Crippen LogP) is 2.46. The largest absolute Gasteiger partial charge is 0.344 e. The fourth-order valence-electron chi connectivity index (χ4n) is 2.64. The monoisotopic (exact) mass is 352 g/mol. The summed E-state index contributed by atoms with van der Waals surface area (Å²) in [6, 6.07) is 8.30. The van der Waals surface area contributed by atoms with E-state index in [1.807, 2.05) is 19.9 Å². The highest BCUT2D eigenvalue weighted by atomic mass is 16.2. The van der Waals surface area contributed by atoms with E-state index in [1.165, 1.54) is 17.2 Å². The van der Waals surface area contributed by atoms with Crippen LogP contribution < -0.4 is 10.7 Å². The van der Waals surface area contributed by atoms with Crippen molar-refractivity contribution in [3.05, 3.63) is 65.0 Å². The smallest absolute Gasteiger partial charge is 0.329 e. The Bertz CT molecular complexity index is 878. The van der Waals surface area contributed by atoms with Crippen LogP contribution in [0.5, 0.6) is 0 Å². The van der Waals surface area contributed by atoms with E-state index >= 15 is 0 Å². The number of carbonyl (C=O) groups excluding carboxylic acids is 2. The van der Waals surface area contributed by atoms with Crippen molar-refractivity contribution in [3.63, 3.8) is 0 Å². The molecule has 1 aromatic heterocycles. The number of aromatic nitrogens is 1. The van der Waals surface area contributed by atoms with E-state index in [2.05, 4.69) is 59.0 Å². The predicted molar refractivity (Wildman–Crippen MR) is 104 cm³/mol. The van der Waals surface area contributed by atoms with Gasteiger partial charge in [0.15, 0.2) is 0 Å². The van der Waals surface area contributed by atoms with Gasteiger partial charge in [0.05, 0.1) is 6.21 Å². The number of hydrazone groups is 1. The zero-order valence-corrected chi connectivity index (χ0v) is 15.6. The van der Waals surface area contributed by atoms with E-state index in [-0.39, 0.29) is 6.54 Å². The summed E-state index contributed by atoms with van der Waals surface area (Å²) in [6.45, 7) is 11.9. The van der Waals surface area contributed by atoms with Gasteiger partial charge in [-0.3, -0.25) is 9.59 Å². The minimum absolute atomic E-state index is 0.229. The molecule has 0 radical (unpaired) electrons. The highest BCUT2D eigenvalue weighted by Crippen LogP contribution is 2.21. The molecule has 1 heterocycles. The molecule has 6 heteroatoms. The lowest BCUT2D eigenvalue weighted by Crippen LogP contribution is -2.37. The van der Waals surface area contributed by atoms with Crippen LogP contribution in [-0.2, 0) is 9.59 Å². The number of hydrogen-bond donors (Lipinski definition) is 2. The van der Waals surface area contributed by atoms with Gasteiger partial charge < -0.3 is 9.88 Å². The normalized spacial score (nSPS) is 10.8. The van der Waals surface area contributed by atoms with Crippen LogP contribution in [0, 0.1) is 27.7 Å². The van der Waals surface area contributed by atoms with E-state index in [0.29, 0.717) is 0 Å². The lowest BCUT2D eigenvalue weighted by atomic mass is 10.1. The van der Waals surface area contributed by atoms with Gasteiger partial charge >= 0.3 is 11.8 Å². The average molecular weight is 352 g/mol. The third-order valence-electron chi connectivity index (χ3n) is 4.20. The molecule has 2 N–H and O–H groups in total. The topological polar surface area (TPSA) is 75.5 Å². The Kier molecular flexibility index (Phi) is 6.11. The molecule has 0 atom stereocenters. The Morgan fingerprint density at radius 1 is 1.12 bits per heavy atom. The summed E-state index contributed by atoms with van der Waals surface area (Å²) in [4.78, 5) is 23.1. The molecule has 0 aliphatic rings. The summed E-state index contributed by atoms with van der Waals surface area (Å²) < 4.78 is 2.13. The second kappa shape index (κ2) is 8.29. The van der Waals surface area contributed by atoms with Crippen LogP contribution >= 0.6 is 0 Å². The lowest BCUT2D eigenvalue weighted by molar-refractivity contribution is -0.139. The maximum absolute atomic E-state index is 11.6. The summed E-state index contributed by atoms with van der Waals surface area (Å²) >= 11 is 0. The number of nitrogens with one attached hydrogen (secondary N) is 2. The molecule has 0 spiro atoms. The Balaban J connectivity index is 2.17. The van der Waals surface area contributed by atoms with Gasteiger partial charge in [0.1, 0.15) is 0 Å². The highest BCUT2D eigenvalue weighted by molar-refractivity contribution is 6.35. The van der Waals surface area contributed by atoms with Gasteiger partial charge in [-0.1, -0.05) is 12.1 Å². The first kappa shape index (κ1) is 19.2. The number of amides is 2. The number of aryl methyl sites for hydroxylation is 3. The summed E-state index contributed by atoms with van der Waals surface area (Å²) in [6.07, 6.45) is 3.04. The molecule has 0 bridgehead atoms. The second-order valence-corrected chi connectivity index (χ2v) is 6.13. The second-order valence-electron chi connectivity index (χ2n) is 6.13. The fraction of sp³-hybridized carbons (Fsp3) is 0.250. The lowest BCUT2D eigenvalue weighted by Gasteiger charge is -2.11. The average Bonchev–Trinajstić information content (AvgIpc) is 2.89. The van der Waals surface area contributed by atoms with E-state index in [9.17, 15) is 9.59 Å². The van der Waals surface area contributed by atoms with Gasteiger partial charge in [0.25, 0.3) is 0 Å². The summed E-state index contributed by atoms with van der Waals surface area (Å²) in [5.41, 5.74) is 8.70. The molecule has 136 valence electrons. The minimum atomic E-state index is -0.814. The molecule has 26 heavy (non-hydrogen) atoms. The van der Waals surface area contributed by atoms with Gasteiger partial charge in [-0.05, 0) is 57.0 Å². The Morgan fingerprint density at radius 3 is 2.50 bits per heavy atom. The maximum Gasteiger partial charge on any atom is 0.329 e. The maximum atomic E-state index is 11.6. The molecule has 0 aliphatic heterocycles. The van der Waals surface area contributed by atoms with Gasteiger partial charge in [0.2, 0.25) is 0 Å². The van der Waals surface area contributed by atoms with Crippen LogP contribution in [0.25, 0.3) is 5.69 Å². The van der Waals surface area contributed by atoms with Crippen LogP contribution in [-0.4, -0.2) is 29.1 Å². The molecule has 0 aliphatic carbocycles. The number of nitrogens with zero attached hydrogens (tertiary/aromatic N) is 2. The van der Waals surface area contributed by atoms with Crippen molar-refractivity contribution in [2.24, 2.45) is 5.10 Å². The SMILES string of the molecule is C=CCNC(=O)C(=O)N/N=C\c1cc(C)n(-c2ccc(C)c(C)c2)c1C. The number of benzene rings is 1. The summed E-state index contributed by atoms with van der Waals surface area (Å²) in [5.74, 6) is -1.56. The van der Waals surface area contributed by atoms with Crippen molar-refractivity contribution in [3.8, 4) is 5.69 Å². The minimum Gasteiger partial charge on any atom is -0.344 e. The number of carbonyl (C=O) groups is 2. The van der Waals surface area contributed by atoms with Crippen molar-refractivity contribution in [1.29, 1.82) is 0 Å². The van der Waals surface area contributed by atoms with Crippen molar-refractivity contribution >= 4 is 18.0 Å². The van der Waals surface area contributed by atoms with Gasteiger partial charge in [-0.15, -0.1) is 6.58 Å². The van der Waals surface area contributed by atoms with E-state index in [0.717, 1.165) is 22.6 Å². The molecule has 2 rings (SSSR count). The zero-order chi connectivity index (χ0) is 19.3. The number of hydrogen-bond acceptors (Lipinski definition) is 3. The van der Waals surface area contributed by atoms with Crippen LogP contribution in [0.1, 0.15) is 28.1 Å². The van der Waals surface area contributed by atoms with Crippen LogP contribution in [0.2, 0.25) is 0 Å². The van der Waals surface area contributed by atoms with Gasteiger partial charge in [-0.25, -0.2) is 5.43 Å². The first-order chi connectivity index (χ1) is 12.3. The van der Waals surface area contributed by atoms with Crippen molar-refractivity contribution in [2.45, 2.75) is 27.7 Å². The third kappa shape index (κ3) is 4.27. The zero-order valence-electron chi connectivity index (χ0n) is 15.6. The van der Waals surface area contributed by atoms with E-state index < -0.39 is 11.8 Å². The molecule has 0 saturated carbocycles. The first-order valence-corrected chi connectivity index (χ1v) is 8.33. The molecule has 2 amide bonds. The molecule has 2 aromatic rings. The molecule has 0 saturated heterocycles. The van der Waals surface area contributed by atoms with E-state index in [4.69, 9.17) is 0 Å². The summed E-state index contributed by atoms with van der Waals surface area (Å²) in [5, 5.41) is 6.28. The van der Waals surface area contributed by atoms with Gasteiger partial charge in [-0.2, -0.15) is 5.10 Å². The molecule has 6 nitrogen and oxygen atoms in total. The molecule has 0 fully saturated rings. The standard InChI is InChI=1S/C20H24N4O2/c1-6-9-21-19(25)20(26)23-22-12-17-11-15(4)24(16(17)5)18-8-7-13(2)14(3)10-18/h6-8,10-12H,1,9H2,2-5H3,(H,21,25)(H,23,26)/b22-12-. The van der Waals surface area contributed by atoms with E-state index in [1.54, 1.807) is 6.21 Å². The molecular formula is C20H24N4O2. The Hall–Kier alpha value is -3.15. The fourth-order valence-corrected chi connectivity index (χ4v) is 2.64. The first-order valence-electron chi connectivity index (χ1n) is 8.33. The molecular weight excluding hydrogens is 328 g/mol. The van der Waals surface area contributed by atoms with Crippen LogP contribution in [0.3, 0.4) is 0 Å². The quantitative estimate of drug-likeness (QED) is 0.375. The van der Waals surface area contributed by atoms with Crippen molar-refractivity contribution in [2.75, 3.05) is 6.54 Å². The van der Waals surface area contributed by atoms with Crippen LogP contribution in [0.4, 0.5) is 0 Å². The summed E-state index contributed by atoms with van der Waals surface area (Å²) in [7, 11) is 0. The van der Waals surface area contributed by atoms with Crippen LogP contribution in [0.15, 0.2) is 42.0 Å². The molecule has 1 aromatic carbocycles. The van der Waals surface area contributed by atoms with Crippen molar-refractivity contribution in [1.82, 2.24) is 15.3 Å². The Morgan fingerprint density at radius 2 is 1.85 bits per heavy atom.